The van der Waals surface area contributed by atoms with E-state index < -0.39 is 0 Å². The van der Waals surface area contributed by atoms with Gasteiger partial charge in [0, 0.05) is 30.7 Å². The van der Waals surface area contributed by atoms with E-state index in [1.807, 2.05) is 13.1 Å². The van der Waals surface area contributed by atoms with Gasteiger partial charge in [0.25, 0.3) is 5.91 Å². The predicted molar refractivity (Wildman–Crippen MR) is 98.3 cm³/mol. The third-order valence-electron chi connectivity index (χ3n) is 3.59. The van der Waals surface area contributed by atoms with Gasteiger partial charge in [-0.15, -0.1) is 0 Å². The Balaban J connectivity index is 1.55. The summed E-state index contributed by atoms with van der Waals surface area (Å²) in [4.78, 5) is 28.3. The molecule has 0 saturated carbocycles. The Morgan fingerprint density at radius 3 is 2.92 bits per heavy atom. The number of anilines is 1. The first-order valence-corrected chi connectivity index (χ1v) is 9.24. The van der Waals surface area contributed by atoms with E-state index >= 15 is 0 Å². The Hall–Kier alpha value is -2.19. The largest absolute Gasteiger partial charge is 0.352 e. The van der Waals surface area contributed by atoms with Crippen LogP contribution < -0.4 is 16.0 Å². The van der Waals surface area contributed by atoms with Gasteiger partial charge in [-0.2, -0.15) is 0 Å². The minimum atomic E-state index is -0.359. The number of carbonyl (C=O) groups is 2. The van der Waals surface area contributed by atoms with E-state index in [9.17, 15) is 9.59 Å². The van der Waals surface area contributed by atoms with Gasteiger partial charge in [0.15, 0.2) is 5.16 Å². The SMILES string of the molecule is CCNC(=O)c1ccc(NC(=O)NCc2cn3c(n2)SCC3)cc1Cl. The molecule has 132 valence electrons. The molecule has 0 saturated heterocycles. The second-order valence-corrected chi connectivity index (χ2v) is 6.89. The molecule has 3 rings (SSSR count). The zero-order valence-electron chi connectivity index (χ0n) is 13.6. The maximum atomic E-state index is 12.0. The number of urea groups is 1. The smallest absolute Gasteiger partial charge is 0.319 e. The number of imidazole rings is 1. The molecular weight excluding hydrogens is 362 g/mol. The van der Waals surface area contributed by atoms with Crippen LogP contribution in [0.1, 0.15) is 23.0 Å². The van der Waals surface area contributed by atoms with Crippen molar-refractivity contribution in [3.63, 3.8) is 0 Å². The van der Waals surface area contributed by atoms with E-state index in [1.54, 1.807) is 30.0 Å². The fourth-order valence-electron chi connectivity index (χ4n) is 2.43. The number of thioether (sulfide) groups is 1. The van der Waals surface area contributed by atoms with Crippen LogP contribution in [-0.4, -0.2) is 33.8 Å². The van der Waals surface area contributed by atoms with E-state index in [0.29, 0.717) is 24.3 Å². The number of hydrogen-bond donors (Lipinski definition) is 3. The fraction of sp³-hybridized carbons (Fsp3) is 0.312. The van der Waals surface area contributed by atoms with Crippen LogP contribution in [0.5, 0.6) is 0 Å². The van der Waals surface area contributed by atoms with Crippen molar-refractivity contribution in [3.05, 3.63) is 40.7 Å². The molecule has 0 radical (unpaired) electrons. The van der Waals surface area contributed by atoms with Crippen molar-refractivity contribution >= 4 is 41.0 Å². The van der Waals surface area contributed by atoms with Crippen molar-refractivity contribution in [1.29, 1.82) is 0 Å². The molecule has 0 fully saturated rings. The molecule has 3 amide bonds. The first-order chi connectivity index (χ1) is 12.1. The van der Waals surface area contributed by atoms with Gasteiger partial charge in [0.1, 0.15) is 0 Å². The second kappa shape index (κ2) is 7.79. The lowest BCUT2D eigenvalue weighted by molar-refractivity contribution is 0.0956. The molecule has 9 heteroatoms. The zero-order valence-corrected chi connectivity index (χ0v) is 15.2. The van der Waals surface area contributed by atoms with Crippen LogP contribution in [0.4, 0.5) is 10.5 Å². The Labute approximate surface area is 154 Å². The zero-order chi connectivity index (χ0) is 17.8. The molecule has 1 aliphatic heterocycles. The maximum absolute atomic E-state index is 12.0. The third-order valence-corrected chi connectivity index (χ3v) is 4.88. The average Bonchev–Trinajstić information content (AvgIpc) is 3.14. The van der Waals surface area contributed by atoms with Crippen molar-refractivity contribution in [2.75, 3.05) is 17.6 Å². The summed E-state index contributed by atoms with van der Waals surface area (Å²) in [6.07, 6.45) is 1.95. The van der Waals surface area contributed by atoms with Crippen LogP contribution in [0, 0.1) is 0 Å². The molecule has 0 atom stereocenters. The molecule has 0 bridgehead atoms. The number of amides is 3. The van der Waals surface area contributed by atoms with E-state index in [2.05, 4.69) is 25.5 Å². The van der Waals surface area contributed by atoms with Crippen LogP contribution >= 0.6 is 23.4 Å². The topological polar surface area (TPSA) is 88.0 Å². The number of rotatable bonds is 5. The third kappa shape index (κ3) is 4.26. The van der Waals surface area contributed by atoms with Gasteiger partial charge in [-0.3, -0.25) is 4.79 Å². The number of aromatic nitrogens is 2. The molecule has 7 nitrogen and oxygen atoms in total. The summed E-state index contributed by atoms with van der Waals surface area (Å²) < 4.78 is 2.08. The summed E-state index contributed by atoms with van der Waals surface area (Å²) >= 11 is 7.82. The quantitative estimate of drug-likeness (QED) is 0.745. The first kappa shape index (κ1) is 17.6. The number of carbonyl (C=O) groups excluding carboxylic acids is 2. The summed E-state index contributed by atoms with van der Waals surface area (Å²) in [5.41, 5.74) is 1.71. The molecule has 25 heavy (non-hydrogen) atoms. The van der Waals surface area contributed by atoms with Gasteiger partial charge in [0.05, 0.1) is 22.8 Å². The predicted octanol–water partition coefficient (Wildman–Crippen LogP) is 2.71. The highest BCUT2D eigenvalue weighted by Gasteiger charge is 2.15. The Bertz CT molecular complexity index is 786. The van der Waals surface area contributed by atoms with Gasteiger partial charge in [-0.05, 0) is 25.1 Å². The lowest BCUT2D eigenvalue weighted by atomic mass is 10.2. The number of aryl methyl sites for hydroxylation is 1. The van der Waals surface area contributed by atoms with Crippen LogP contribution in [0.3, 0.4) is 0 Å². The number of nitrogens with zero attached hydrogens (tertiary/aromatic N) is 2. The molecule has 0 unspecified atom stereocenters. The Morgan fingerprint density at radius 2 is 2.20 bits per heavy atom. The van der Waals surface area contributed by atoms with Crippen molar-refractivity contribution in [3.8, 4) is 0 Å². The first-order valence-electron chi connectivity index (χ1n) is 7.88. The Morgan fingerprint density at radius 1 is 1.36 bits per heavy atom. The van der Waals surface area contributed by atoms with Gasteiger partial charge in [-0.1, -0.05) is 23.4 Å². The van der Waals surface area contributed by atoms with Gasteiger partial charge >= 0.3 is 6.03 Å². The van der Waals surface area contributed by atoms with Crippen LogP contribution in [-0.2, 0) is 13.1 Å². The number of benzene rings is 1. The van der Waals surface area contributed by atoms with Crippen LogP contribution in [0.2, 0.25) is 5.02 Å². The van der Waals surface area contributed by atoms with E-state index in [1.165, 1.54) is 0 Å². The van der Waals surface area contributed by atoms with Gasteiger partial charge in [-0.25, -0.2) is 9.78 Å². The summed E-state index contributed by atoms with van der Waals surface area (Å²) in [7, 11) is 0. The number of nitrogens with one attached hydrogen (secondary N) is 3. The van der Waals surface area contributed by atoms with Gasteiger partial charge in [0.2, 0.25) is 0 Å². The van der Waals surface area contributed by atoms with Crippen molar-refractivity contribution in [1.82, 2.24) is 20.2 Å². The van der Waals surface area contributed by atoms with Crippen molar-refractivity contribution in [2.45, 2.75) is 25.2 Å². The molecular formula is C16H18ClN5O2S. The molecule has 0 aliphatic carbocycles. The standard InChI is InChI=1S/C16H18ClN5O2S/c1-2-18-14(23)12-4-3-10(7-13(12)17)20-15(24)19-8-11-9-22-5-6-25-16(22)21-11/h3-4,7,9H,2,5-6,8H2,1H3,(H,18,23)(H2,19,20,24). The highest BCUT2D eigenvalue weighted by atomic mass is 35.5. The molecule has 3 N–H and O–H groups in total. The van der Waals surface area contributed by atoms with E-state index in [0.717, 1.165) is 23.1 Å². The lowest BCUT2D eigenvalue weighted by Crippen LogP contribution is -2.28. The monoisotopic (exact) mass is 379 g/mol. The number of hydrogen-bond acceptors (Lipinski definition) is 4. The number of fused-ring (bicyclic) bond motifs is 1. The maximum Gasteiger partial charge on any atom is 0.319 e. The summed E-state index contributed by atoms with van der Waals surface area (Å²) in [6.45, 7) is 3.65. The summed E-state index contributed by atoms with van der Waals surface area (Å²) in [5, 5.41) is 9.41. The van der Waals surface area contributed by atoms with E-state index in [4.69, 9.17) is 11.6 Å². The van der Waals surface area contributed by atoms with E-state index in [-0.39, 0.29) is 17.0 Å². The van der Waals surface area contributed by atoms with Crippen molar-refractivity contribution < 1.29 is 9.59 Å². The molecule has 1 aliphatic rings. The Kier molecular flexibility index (Phi) is 5.50. The summed E-state index contributed by atoms with van der Waals surface area (Å²) in [6, 6.07) is 4.41. The molecule has 1 aromatic carbocycles. The molecule has 0 spiro atoms. The highest BCUT2D eigenvalue weighted by molar-refractivity contribution is 7.99. The lowest BCUT2D eigenvalue weighted by Gasteiger charge is -2.09. The second-order valence-electron chi connectivity index (χ2n) is 5.42. The van der Waals surface area contributed by atoms with Gasteiger partial charge < -0.3 is 20.5 Å². The molecule has 2 aromatic rings. The minimum absolute atomic E-state index is 0.241. The fourth-order valence-corrected chi connectivity index (χ4v) is 3.65. The molecule has 1 aromatic heterocycles. The number of halogens is 1. The van der Waals surface area contributed by atoms with Crippen LogP contribution in [0.15, 0.2) is 29.6 Å². The normalized spacial score (nSPS) is 12.6. The average molecular weight is 380 g/mol. The van der Waals surface area contributed by atoms with Crippen molar-refractivity contribution in [2.24, 2.45) is 0 Å². The molecule has 2 heterocycles. The highest BCUT2D eigenvalue weighted by Crippen LogP contribution is 2.24. The summed E-state index contributed by atoms with van der Waals surface area (Å²) in [5.74, 6) is 0.804. The minimum Gasteiger partial charge on any atom is -0.352 e. The van der Waals surface area contributed by atoms with Crippen LogP contribution in [0.25, 0.3) is 0 Å².